The lowest BCUT2D eigenvalue weighted by Gasteiger charge is -2.55. The maximum atomic E-state index is 10.4. The first-order chi connectivity index (χ1) is 22.7. The lowest BCUT2D eigenvalue weighted by molar-refractivity contribution is -0.837. The van der Waals surface area contributed by atoms with Gasteiger partial charge in [0.15, 0.2) is 29.6 Å². The summed E-state index contributed by atoms with van der Waals surface area (Å²) in [5.74, 6) is 0.470. The van der Waals surface area contributed by atoms with Gasteiger partial charge in [0.25, 0.3) is 0 Å². The third kappa shape index (κ3) is 3.03. The van der Waals surface area contributed by atoms with Crippen LogP contribution in [-0.4, -0.2) is 0 Å². The third-order valence-corrected chi connectivity index (χ3v) is 11.0. The molecule has 7 aromatic rings. The molecule has 0 bridgehead atoms. The van der Waals surface area contributed by atoms with E-state index in [-0.39, 0.29) is 23.4 Å². The molecule has 1 spiro atoms. The molecule has 2 aliphatic heterocycles. The summed E-state index contributed by atoms with van der Waals surface area (Å²) < 4.78 is 11.8. The van der Waals surface area contributed by atoms with Crippen LogP contribution in [0.4, 0.5) is 0 Å². The van der Waals surface area contributed by atoms with Crippen molar-refractivity contribution in [1.29, 1.82) is 5.26 Å². The van der Waals surface area contributed by atoms with Gasteiger partial charge in [-0.1, -0.05) is 72.8 Å². The number of furan rings is 1. The molecule has 4 heteroatoms. The largest absolute Gasteiger partial charge is 0.454 e. The van der Waals surface area contributed by atoms with Crippen molar-refractivity contribution in [2.45, 2.75) is 23.9 Å². The summed E-state index contributed by atoms with van der Waals surface area (Å²) in [4.78, 5) is 0. The van der Waals surface area contributed by atoms with Crippen LogP contribution in [0, 0.1) is 17.2 Å². The van der Waals surface area contributed by atoms with Gasteiger partial charge in [-0.25, -0.2) is 0 Å². The van der Waals surface area contributed by atoms with Gasteiger partial charge >= 0.3 is 0 Å². The minimum Gasteiger partial charge on any atom is -0.454 e. The van der Waals surface area contributed by atoms with E-state index in [9.17, 15) is 5.26 Å². The molecule has 1 fully saturated rings. The van der Waals surface area contributed by atoms with Crippen LogP contribution < -0.4 is 9.13 Å². The molecule has 1 saturated carbocycles. The predicted octanol–water partition coefficient (Wildman–Crippen LogP) is 8.44. The molecule has 5 heterocycles. The summed E-state index contributed by atoms with van der Waals surface area (Å²) in [6.07, 6.45) is 7.55. The molecule has 0 radical (unpaired) electrons. The molecule has 0 saturated heterocycles. The molecule has 46 heavy (non-hydrogen) atoms. The Bertz CT molecular complexity index is 2470. The molecule has 4 unspecified atom stereocenters. The van der Waals surface area contributed by atoms with Crippen molar-refractivity contribution in [3.8, 4) is 39.7 Å². The van der Waals surface area contributed by atoms with Gasteiger partial charge in [-0.15, -0.1) is 6.58 Å². The third-order valence-electron chi connectivity index (χ3n) is 11.0. The lowest BCUT2D eigenvalue weighted by atomic mass is 9.48. The van der Waals surface area contributed by atoms with E-state index >= 15 is 0 Å². The molecule has 3 aliphatic rings. The average Bonchev–Trinajstić information content (AvgIpc) is 3.50. The molecule has 4 atom stereocenters. The molecule has 3 aromatic heterocycles. The van der Waals surface area contributed by atoms with Crippen molar-refractivity contribution >= 4 is 21.9 Å². The van der Waals surface area contributed by atoms with Gasteiger partial charge in [-0.3, -0.25) is 0 Å². The number of fused-ring (bicyclic) bond motifs is 15. The summed E-state index contributed by atoms with van der Waals surface area (Å²) in [5, 5.41) is 12.4. The average molecular weight is 592 g/mol. The molecule has 1 aliphatic carbocycles. The SMILES string of the molecule is C=CC1C2C(c3ccccc3-c3cccc[n+]32)C12Cc1ccc3c(oc4c(C#N)c(-c5ccccc5)ccc43)c1-c1cccc[n+]12. The van der Waals surface area contributed by atoms with Gasteiger partial charge in [0, 0.05) is 47.0 Å². The molecular weight excluding hydrogens is 562 g/mol. The quantitative estimate of drug-likeness (QED) is 0.150. The first-order valence-electron chi connectivity index (χ1n) is 15.9. The summed E-state index contributed by atoms with van der Waals surface area (Å²) in [7, 11) is 0. The highest BCUT2D eigenvalue weighted by Gasteiger charge is 2.75. The van der Waals surface area contributed by atoms with Gasteiger partial charge in [-0.2, -0.15) is 14.4 Å². The summed E-state index contributed by atoms with van der Waals surface area (Å²) >= 11 is 0. The topological polar surface area (TPSA) is 44.7 Å². The van der Waals surface area contributed by atoms with Gasteiger partial charge in [-0.05, 0) is 41.0 Å². The van der Waals surface area contributed by atoms with Gasteiger partial charge in [0.2, 0.25) is 11.4 Å². The summed E-state index contributed by atoms with van der Waals surface area (Å²) in [5.41, 5.74) is 11.2. The molecule has 4 nitrogen and oxygen atoms in total. The van der Waals surface area contributed by atoms with Crippen molar-refractivity contribution in [2.75, 3.05) is 0 Å². The molecule has 4 aromatic carbocycles. The number of benzene rings is 4. The Kier molecular flexibility index (Phi) is 5.06. The predicted molar refractivity (Wildman–Crippen MR) is 179 cm³/mol. The Morgan fingerprint density at radius 2 is 1.50 bits per heavy atom. The van der Waals surface area contributed by atoms with Crippen molar-refractivity contribution in [3.05, 3.63) is 157 Å². The van der Waals surface area contributed by atoms with E-state index in [2.05, 4.69) is 125 Å². The van der Waals surface area contributed by atoms with E-state index in [0.29, 0.717) is 11.1 Å². The zero-order valence-electron chi connectivity index (χ0n) is 25.1. The number of allylic oxidation sites excluding steroid dienone is 1. The molecule has 216 valence electrons. The summed E-state index contributed by atoms with van der Waals surface area (Å²) in [6, 6.07) is 43.5. The smallest absolute Gasteiger partial charge is 0.217 e. The normalized spacial score (nSPS) is 21.8. The van der Waals surface area contributed by atoms with E-state index in [1.54, 1.807) is 0 Å². The maximum Gasteiger partial charge on any atom is 0.217 e. The second-order valence-corrected chi connectivity index (χ2v) is 12.9. The fraction of sp³-hybridized carbons (Fsp3) is 0.119. The number of nitriles is 1. The Morgan fingerprint density at radius 1 is 0.761 bits per heavy atom. The standard InChI is InChI=1S/C42H29N3O/c1-2-34-39-38(30-15-7-6-14-29(30)35-16-8-10-22-44(35)39)42(34)24-27-18-19-32-31-21-20-28(26-12-4-3-5-13-26)33(25-43)40(31)46-41(32)37(27)36-17-9-11-23-45(36)42/h2-23,34,38-39H,1,24H2/q+2. The van der Waals surface area contributed by atoms with Crippen LogP contribution >= 0.6 is 0 Å². The molecular formula is C42H29N3O+2. The number of pyridine rings is 2. The van der Waals surface area contributed by atoms with Crippen molar-refractivity contribution in [3.63, 3.8) is 0 Å². The molecule has 10 rings (SSSR count). The Morgan fingerprint density at radius 3 is 2.35 bits per heavy atom. The van der Waals surface area contributed by atoms with Crippen LogP contribution in [0.25, 0.3) is 55.6 Å². The Labute approximate surface area is 266 Å². The van der Waals surface area contributed by atoms with Crippen LogP contribution in [0.1, 0.15) is 28.7 Å². The highest BCUT2D eigenvalue weighted by molar-refractivity contribution is 6.12. The van der Waals surface area contributed by atoms with E-state index < -0.39 is 0 Å². The van der Waals surface area contributed by atoms with Crippen LogP contribution in [0.2, 0.25) is 0 Å². The highest BCUT2D eigenvalue weighted by Crippen LogP contribution is 2.64. The Hall–Kier alpha value is -5.79. The first kappa shape index (κ1) is 25.5. The number of hydrogen-bond acceptors (Lipinski definition) is 2. The van der Waals surface area contributed by atoms with Crippen molar-refractivity contribution < 1.29 is 13.6 Å². The molecule has 0 N–H and O–H groups in total. The second-order valence-electron chi connectivity index (χ2n) is 12.9. The monoisotopic (exact) mass is 591 g/mol. The van der Waals surface area contributed by atoms with Crippen LogP contribution in [0.3, 0.4) is 0 Å². The number of aromatic nitrogens is 2. The number of hydrogen-bond donors (Lipinski definition) is 0. The van der Waals surface area contributed by atoms with Crippen LogP contribution in [-0.2, 0) is 12.0 Å². The van der Waals surface area contributed by atoms with E-state index in [1.165, 1.54) is 22.4 Å². The Balaban J connectivity index is 1.22. The number of nitrogens with zero attached hydrogens (tertiary/aromatic N) is 3. The van der Waals surface area contributed by atoms with E-state index in [4.69, 9.17) is 4.42 Å². The van der Waals surface area contributed by atoms with Crippen molar-refractivity contribution in [1.82, 2.24) is 0 Å². The van der Waals surface area contributed by atoms with Gasteiger partial charge in [0.1, 0.15) is 29.1 Å². The van der Waals surface area contributed by atoms with Gasteiger partial charge < -0.3 is 4.42 Å². The zero-order chi connectivity index (χ0) is 30.6. The van der Waals surface area contributed by atoms with E-state index in [0.717, 1.165) is 45.2 Å². The maximum absolute atomic E-state index is 10.4. The highest BCUT2D eigenvalue weighted by atomic mass is 16.3. The van der Waals surface area contributed by atoms with Crippen LogP contribution in [0.5, 0.6) is 0 Å². The lowest BCUT2D eigenvalue weighted by Crippen LogP contribution is -2.79. The van der Waals surface area contributed by atoms with E-state index in [1.807, 2.05) is 30.3 Å². The van der Waals surface area contributed by atoms with Crippen molar-refractivity contribution in [2.24, 2.45) is 5.92 Å². The minimum atomic E-state index is -0.232. The molecule has 0 amide bonds. The van der Waals surface area contributed by atoms with Crippen LogP contribution in [0.15, 0.2) is 145 Å². The minimum absolute atomic E-state index is 0.210. The zero-order valence-corrected chi connectivity index (χ0v) is 25.1. The fourth-order valence-electron chi connectivity index (χ4n) is 9.24. The summed E-state index contributed by atoms with van der Waals surface area (Å²) in [6.45, 7) is 4.44. The second kappa shape index (κ2) is 9.12. The number of rotatable bonds is 2. The fourth-order valence-corrected chi connectivity index (χ4v) is 9.24. The first-order valence-corrected chi connectivity index (χ1v) is 15.9. The van der Waals surface area contributed by atoms with Gasteiger partial charge in [0.05, 0.1) is 11.1 Å².